The summed E-state index contributed by atoms with van der Waals surface area (Å²) < 4.78 is 43.1. The van der Waals surface area contributed by atoms with Crippen LogP contribution in [0.1, 0.15) is 11.1 Å². The van der Waals surface area contributed by atoms with Crippen LogP contribution in [-0.2, 0) is 11.5 Å². The molecular weight excluding hydrogens is 357 g/mol. The van der Waals surface area contributed by atoms with Crippen molar-refractivity contribution >= 4 is 27.5 Å². The van der Waals surface area contributed by atoms with Crippen LogP contribution < -0.4 is 4.74 Å². The van der Waals surface area contributed by atoms with Crippen molar-refractivity contribution in [2.45, 2.75) is 11.5 Å². The van der Waals surface area contributed by atoms with Crippen molar-refractivity contribution in [2.75, 3.05) is 0 Å². The van der Waals surface area contributed by atoms with E-state index in [1.807, 2.05) is 6.07 Å². The van der Waals surface area contributed by atoms with Gasteiger partial charge in [-0.15, -0.1) is 0 Å². The lowest BCUT2D eigenvalue weighted by Gasteiger charge is -2.11. The molecule has 0 aromatic heterocycles. The summed E-state index contributed by atoms with van der Waals surface area (Å²) in [5, 5.41) is 0.578. The SMILES string of the molecule is FC(F)(F)c1ccc(Oc2cccc(CBr)c2)c(Cl)c1. The normalized spacial score (nSPS) is 11.4. The Labute approximate surface area is 127 Å². The summed E-state index contributed by atoms with van der Waals surface area (Å²) in [6.07, 6.45) is -4.42. The molecule has 2 rings (SSSR count). The zero-order valence-corrected chi connectivity index (χ0v) is 12.4. The first kappa shape index (κ1) is 15.2. The molecule has 6 heteroatoms. The van der Waals surface area contributed by atoms with Gasteiger partial charge in [-0.25, -0.2) is 0 Å². The van der Waals surface area contributed by atoms with E-state index < -0.39 is 11.7 Å². The zero-order valence-electron chi connectivity index (χ0n) is 10.0. The molecule has 0 aliphatic carbocycles. The van der Waals surface area contributed by atoms with Crippen molar-refractivity contribution in [3.8, 4) is 11.5 Å². The molecule has 0 bridgehead atoms. The van der Waals surface area contributed by atoms with E-state index in [2.05, 4.69) is 15.9 Å². The molecule has 0 unspecified atom stereocenters. The first-order valence-corrected chi connectivity index (χ1v) is 7.09. The Morgan fingerprint density at radius 2 is 1.85 bits per heavy atom. The third-order valence-electron chi connectivity index (χ3n) is 2.54. The van der Waals surface area contributed by atoms with Gasteiger partial charge in [-0.3, -0.25) is 0 Å². The molecule has 0 saturated carbocycles. The number of halogens is 5. The molecule has 0 radical (unpaired) electrons. The number of rotatable bonds is 3. The van der Waals surface area contributed by atoms with E-state index in [1.165, 1.54) is 6.07 Å². The Morgan fingerprint density at radius 1 is 1.10 bits per heavy atom. The molecule has 0 saturated heterocycles. The molecule has 0 heterocycles. The molecule has 0 atom stereocenters. The van der Waals surface area contributed by atoms with Gasteiger partial charge >= 0.3 is 6.18 Å². The van der Waals surface area contributed by atoms with Crippen LogP contribution in [-0.4, -0.2) is 0 Å². The maximum absolute atomic E-state index is 12.5. The quantitative estimate of drug-likeness (QED) is 0.602. The zero-order chi connectivity index (χ0) is 14.8. The van der Waals surface area contributed by atoms with Gasteiger partial charge in [0.1, 0.15) is 11.5 Å². The van der Waals surface area contributed by atoms with Crippen LogP contribution in [0.4, 0.5) is 13.2 Å². The lowest BCUT2D eigenvalue weighted by molar-refractivity contribution is -0.137. The summed E-state index contributed by atoms with van der Waals surface area (Å²) in [6.45, 7) is 0. The van der Waals surface area contributed by atoms with Gasteiger partial charge in [0.05, 0.1) is 10.6 Å². The molecule has 2 aromatic rings. The largest absolute Gasteiger partial charge is 0.456 e. The van der Waals surface area contributed by atoms with Gasteiger partial charge in [0.2, 0.25) is 0 Å². The molecule has 0 amide bonds. The van der Waals surface area contributed by atoms with Gasteiger partial charge in [-0.2, -0.15) is 13.2 Å². The molecule has 106 valence electrons. The van der Waals surface area contributed by atoms with Crippen molar-refractivity contribution in [3.05, 3.63) is 58.6 Å². The summed E-state index contributed by atoms with van der Waals surface area (Å²) in [6, 6.07) is 10.2. The monoisotopic (exact) mass is 364 g/mol. The second kappa shape index (κ2) is 6.06. The Kier molecular flexibility index (Phi) is 4.60. The standard InChI is InChI=1S/C14H9BrClF3O/c15-8-9-2-1-3-11(6-9)20-13-5-4-10(7-12(13)16)14(17,18)19/h1-7H,8H2. The highest BCUT2D eigenvalue weighted by Gasteiger charge is 2.31. The summed E-state index contributed by atoms with van der Waals surface area (Å²) in [5.41, 5.74) is 0.189. The summed E-state index contributed by atoms with van der Waals surface area (Å²) in [5.74, 6) is 0.704. The van der Waals surface area contributed by atoms with E-state index in [1.54, 1.807) is 18.2 Å². The number of alkyl halides is 4. The number of ether oxygens (including phenoxy) is 1. The van der Waals surface area contributed by atoms with Crippen molar-refractivity contribution in [1.29, 1.82) is 0 Å². The minimum Gasteiger partial charge on any atom is -0.456 e. The fourth-order valence-corrected chi connectivity index (χ4v) is 2.15. The van der Waals surface area contributed by atoms with Gasteiger partial charge in [-0.05, 0) is 35.9 Å². The maximum Gasteiger partial charge on any atom is 0.416 e. The molecular formula is C14H9BrClF3O. The second-order valence-corrected chi connectivity index (χ2v) is 4.99. The topological polar surface area (TPSA) is 9.23 Å². The van der Waals surface area contributed by atoms with E-state index in [-0.39, 0.29) is 10.8 Å². The number of hydrogen-bond donors (Lipinski definition) is 0. The van der Waals surface area contributed by atoms with Crippen molar-refractivity contribution in [3.63, 3.8) is 0 Å². The van der Waals surface area contributed by atoms with Gasteiger partial charge in [0.25, 0.3) is 0 Å². The first-order valence-electron chi connectivity index (χ1n) is 5.59. The van der Waals surface area contributed by atoms with Gasteiger partial charge in [0.15, 0.2) is 0 Å². The summed E-state index contributed by atoms with van der Waals surface area (Å²) >= 11 is 9.14. The number of hydrogen-bond acceptors (Lipinski definition) is 1. The Morgan fingerprint density at radius 3 is 2.45 bits per heavy atom. The average molecular weight is 366 g/mol. The fourth-order valence-electron chi connectivity index (χ4n) is 1.58. The highest BCUT2D eigenvalue weighted by molar-refractivity contribution is 9.08. The smallest absolute Gasteiger partial charge is 0.416 e. The molecule has 20 heavy (non-hydrogen) atoms. The third kappa shape index (κ3) is 3.67. The van der Waals surface area contributed by atoms with E-state index >= 15 is 0 Å². The number of benzene rings is 2. The minimum atomic E-state index is -4.42. The first-order chi connectivity index (χ1) is 9.40. The van der Waals surface area contributed by atoms with Crippen LogP contribution in [0.15, 0.2) is 42.5 Å². The van der Waals surface area contributed by atoms with Crippen LogP contribution in [0.25, 0.3) is 0 Å². The molecule has 0 N–H and O–H groups in total. The van der Waals surface area contributed by atoms with E-state index in [0.717, 1.165) is 17.7 Å². The van der Waals surface area contributed by atoms with Gasteiger partial charge in [-0.1, -0.05) is 39.7 Å². The Bertz CT molecular complexity index is 614. The second-order valence-electron chi connectivity index (χ2n) is 4.03. The van der Waals surface area contributed by atoms with Gasteiger partial charge < -0.3 is 4.74 Å². The predicted octanol–water partition coefficient (Wildman–Crippen LogP) is 6.05. The van der Waals surface area contributed by atoms with Crippen LogP contribution in [0.2, 0.25) is 5.02 Å². The van der Waals surface area contributed by atoms with E-state index in [0.29, 0.717) is 11.1 Å². The Balaban J connectivity index is 2.25. The molecule has 0 aliphatic heterocycles. The van der Waals surface area contributed by atoms with Crippen LogP contribution in [0.5, 0.6) is 11.5 Å². The predicted molar refractivity (Wildman–Crippen MR) is 75.6 cm³/mol. The molecule has 0 fully saturated rings. The highest BCUT2D eigenvalue weighted by atomic mass is 79.9. The fraction of sp³-hybridized carbons (Fsp3) is 0.143. The van der Waals surface area contributed by atoms with E-state index in [9.17, 15) is 13.2 Å². The van der Waals surface area contributed by atoms with Crippen LogP contribution in [0, 0.1) is 0 Å². The molecule has 2 aromatic carbocycles. The lowest BCUT2D eigenvalue weighted by Crippen LogP contribution is -2.04. The van der Waals surface area contributed by atoms with Gasteiger partial charge in [0, 0.05) is 5.33 Å². The van der Waals surface area contributed by atoms with Crippen molar-refractivity contribution in [1.82, 2.24) is 0 Å². The molecule has 1 nitrogen and oxygen atoms in total. The van der Waals surface area contributed by atoms with E-state index in [4.69, 9.17) is 16.3 Å². The lowest BCUT2D eigenvalue weighted by atomic mass is 10.2. The maximum atomic E-state index is 12.5. The van der Waals surface area contributed by atoms with Crippen LogP contribution >= 0.6 is 27.5 Å². The Hall–Kier alpha value is -1.20. The highest BCUT2D eigenvalue weighted by Crippen LogP contribution is 2.36. The van der Waals surface area contributed by atoms with Crippen LogP contribution in [0.3, 0.4) is 0 Å². The summed E-state index contributed by atoms with van der Waals surface area (Å²) in [7, 11) is 0. The van der Waals surface area contributed by atoms with Crippen molar-refractivity contribution in [2.24, 2.45) is 0 Å². The third-order valence-corrected chi connectivity index (χ3v) is 3.48. The van der Waals surface area contributed by atoms with Crippen molar-refractivity contribution < 1.29 is 17.9 Å². The average Bonchev–Trinajstić information content (AvgIpc) is 2.40. The molecule has 0 aliphatic rings. The minimum absolute atomic E-state index is 0.0796. The summed E-state index contributed by atoms with van der Waals surface area (Å²) in [4.78, 5) is 0. The molecule has 0 spiro atoms.